The number of benzene rings is 5. The number of nitrogens with two attached hydrogens (primary N) is 1. The fourth-order valence-corrected chi connectivity index (χ4v) is 6.00. The molecule has 0 spiro atoms. The van der Waals surface area contributed by atoms with Gasteiger partial charge in [0.15, 0.2) is 5.75 Å². The van der Waals surface area contributed by atoms with Gasteiger partial charge in [-0.3, -0.25) is 13.9 Å². The molecule has 6 N–H and O–H groups in total. The van der Waals surface area contributed by atoms with Crippen LogP contribution in [0.1, 0.15) is 15.9 Å². The number of carbonyl (C=O) groups is 1. The zero-order valence-electron chi connectivity index (χ0n) is 25.0. The second-order valence-corrected chi connectivity index (χ2v) is 13.2. The number of aromatic hydroxyl groups is 1. The summed E-state index contributed by atoms with van der Waals surface area (Å²) in [7, 11) is -9.66. The van der Waals surface area contributed by atoms with E-state index in [-0.39, 0.29) is 62.6 Å². The normalized spacial score (nSPS) is 12.0. The number of anilines is 2. The van der Waals surface area contributed by atoms with Crippen molar-refractivity contribution in [2.45, 2.75) is 16.7 Å². The average molecular weight is 718 g/mol. The minimum absolute atomic E-state index is 0. The van der Waals surface area contributed by atoms with Gasteiger partial charge < -0.3 is 16.2 Å². The van der Waals surface area contributed by atoms with Crippen molar-refractivity contribution in [2.75, 3.05) is 11.1 Å². The Balaban J connectivity index is 0.00000520. The number of amides is 1. The minimum atomic E-state index is -4.96. The molecule has 0 atom stereocenters. The fraction of sp³-hybridized carbons (Fsp3) is 0.0333. The van der Waals surface area contributed by atoms with Crippen molar-refractivity contribution in [3.8, 4) is 5.75 Å². The van der Waals surface area contributed by atoms with Gasteiger partial charge in [-0.1, -0.05) is 11.6 Å². The van der Waals surface area contributed by atoms with Crippen LogP contribution in [0.2, 0.25) is 5.02 Å². The van der Waals surface area contributed by atoms with E-state index >= 15 is 0 Å². The number of nitrogens with one attached hydrogen (secondary N) is 1. The molecule has 5 aromatic carbocycles. The molecule has 48 heavy (non-hydrogen) atoms. The van der Waals surface area contributed by atoms with Gasteiger partial charge in [-0.05, 0) is 103 Å². The third-order valence-corrected chi connectivity index (χ3v) is 8.87. The maximum absolute atomic E-state index is 12.5. The Hall–Kier alpha value is -4.26. The Morgan fingerprint density at radius 3 is 2.04 bits per heavy atom. The molecule has 18 heteroatoms. The van der Waals surface area contributed by atoms with Crippen LogP contribution in [0.25, 0.3) is 10.8 Å². The van der Waals surface area contributed by atoms with Crippen LogP contribution in [0.5, 0.6) is 5.75 Å². The molecule has 5 aromatic rings. The molecule has 0 fully saturated rings. The van der Waals surface area contributed by atoms with Gasteiger partial charge >= 0.3 is 29.6 Å². The first-order chi connectivity index (χ1) is 22.1. The molecule has 0 saturated carbocycles. The Morgan fingerprint density at radius 1 is 0.771 bits per heavy atom. The van der Waals surface area contributed by atoms with Gasteiger partial charge in [-0.2, -0.15) is 32.2 Å². The third-order valence-electron chi connectivity index (χ3n) is 6.67. The van der Waals surface area contributed by atoms with Gasteiger partial charge in [0.2, 0.25) is 0 Å². The Morgan fingerprint density at radius 2 is 1.40 bits per heavy atom. The molecule has 0 unspecified atom stereocenters. The Bertz CT molecular complexity index is 2350. The monoisotopic (exact) mass is 717 g/mol. The van der Waals surface area contributed by atoms with E-state index < -0.39 is 41.5 Å². The number of hydrogen-bond acceptors (Lipinski definition) is 11. The van der Waals surface area contributed by atoms with E-state index in [2.05, 4.69) is 25.8 Å². The molecule has 0 aliphatic heterocycles. The van der Waals surface area contributed by atoms with Crippen LogP contribution in [0.3, 0.4) is 0 Å². The first-order valence-corrected chi connectivity index (χ1v) is 16.5. The number of hydrogen-bond donors (Lipinski definition) is 5. The number of fused-ring (bicyclic) bond motifs is 1. The smallest absolute Gasteiger partial charge is 0.505 e. The maximum atomic E-state index is 12.5. The Kier molecular flexibility index (Phi) is 11.0. The number of phenolic OH excluding ortho intramolecular Hbond substituents is 1. The van der Waals surface area contributed by atoms with Crippen LogP contribution in [0.4, 0.5) is 34.1 Å². The molecule has 0 radical (unpaired) electrons. The summed E-state index contributed by atoms with van der Waals surface area (Å²) >= 11 is 5.80. The van der Waals surface area contributed by atoms with E-state index in [1.807, 2.05) is 0 Å². The van der Waals surface area contributed by atoms with Gasteiger partial charge in [0.25, 0.3) is 26.1 Å². The molecule has 5 rings (SSSR count). The van der Waals surface area contributed by atoms with E-state index in [4.69, 9.17) is 17.3 Å². The Labute approximate surface area is 301 Å². The number of nitrogen functional groups attached to an aromatic ring is 1. The van der Waals surface area contributed by atoms with E-state index in [0.29, 0.717) is 28.2 Å². The SMILES string of the molecule is Cc1cc(NC(=O)c2ccc(N)cc2)ccc1N=Nc1ccc2c(O)c(N=Nc3ccc(Cl)c(S(=O)(=O)O)c3)c(S(=O)(=O)O)cc2c1.[Na+]. The summed E-state index contributed by atoms with van der Waals surface area (Å²) in [6.45, 7) is 1.77. The van der Waals surface area contributed by atoms with E-state index in [1.165, 1.54) is 24.3 Å². The number of halogens is 1. The number of rotatable bonds is 8. The van der Waals surface area contributed by atoms with Crippen molar-refractivity contribution < 1.29 is 65.4 Å². The summed E-state index contributed by atoms with van der Waals surface area (Å²) < 4.78 is 66.9. The summed E-state index contributed by atoms with van der Waals surface area (Å²) in [5.41, 5.74) is 7.83. The van der Waals surface area contributed by atoms with E-state index in [9.17, 15) is 35.8 Å². The summed E-state index contributed by atoms with van der Waals surface area (Å²) in [6.07, 6.45) is 0. The standard InChI is InChI=1S/C30H23ClN6O8S2.Na/c1-16-12-20(33-30(39)17-2-4-19(32)5-3-17)8-11-25(16)36-34-21-6-9-23-18(13-21)14-27(47(43,44)45)28(29(23)38)37-35-22-7-10-24(31)26(15-22)46(40,41)42;/h2-15,38H,32H2,1H3,(H,33,39)(H,40,41,42)(H,43,44,45);/q;+1. The number of phenols is 1. The number of aryl methyl sites for hydroxylation is 1. The van der Waals surface area contributed by atoms with Crippen molar-refractivity contribution in [3.63, 3.8) is 0 Å². The van der Waals surface area contributed by atoms with Crippen LogP contribution in [-0.4, -0.2) is 37.0 Å². The van der Waals surface area contributed by atoms with Gasteiger partial charge in [0, 0.05) is 22.3 Å². The molecule has 0 aliphatic carbocycles. The minimum Gasteiger partial charge on any atom is -0.505 e. The van der Waals surface area contributed by atoms with Crippen LogP contribution >= 0.6 is 11.6 Å². The first-order valence-electron chi connectivity index (χ1n) is 13.3. The molecule has 0 aliphatic rings. The van der Waals surface area contributed by atoms with Crippen molar-refractivity contribution in [3.05, 3.63) is 101 Å². The predicted octanol–water partition coefficient (Wildman–Crippen LogP) is 4.67. The molecule has 0 aromatic heterocycles. The van der Waals surface area contributed by atoms with E-state index in [1.54, 1.807) is 49.4 Å². The molecule has 0 heterocycles. The maximum Gasteiger partial charge on any atom is 1.00 e. The fourth-order valence-electron chi connectivity index (χ4n) is 4.35. The molecule has 240 valence electrons. The predicted molar refractivity (Wildman–Crippen MR) is 175 cm³/mol. The molecule has 0 saturated heterocycles. The third kappa shape index (κ3) is 8.41. The summed E-state index contributed by atoms with van der Waals surface area (Å²) in [6, 6.07) is 20.1. The quantitative estimate of drug-likeness (QED) is 0.0648. The second kappa shape index (κ2) is 14.5. The molecule has 14 nitrogen and oxygen atoms in total. The zero-order chi connectivity index (χ0) is 34.1. The first kappa shape index (κ1) is 36.6. The molecular formula is C30H23ClN6NaO8S2+. The van der Waals surface area contributed by atoms with Crippen molar-refractivity contribution in [1.82, 2.24) is 0 Å². The number of carbonyl (C=O) groups excluding carboxylic acids is 1. The van der Waals surface area contributed by atoms with Crippen molar-refractivity contribution >= 4 is 82.6 Å². The van der Waals surface area contributed by atoms with Gasteiger partial charge in [0.05, 0.1) is 22.1 Å². The largest absolute Gasteiger partial charge is 1.00 e. The summed E-state index contributed by atoms with van der Waals surface area (Å²) in [5, 5.41) is 29.7. The van der Waals surface area contributed by atoms with E-state index in [0.717, 1.165) is 18.2 Å². The molecule has 1 amide bonds. The van der Waals surface area contributed by atoms with Crippen LogP contribution in [-0.2, 0) is 20.2 Å². The van der Waals surface area contributed by atoms with Gasteiger partial charge in [0.1, 0.15) is 15.5 Å². The molecular weight excluding hydrogens is 695 g/mol. The average Bonchev–Trinajstić information content (AvgIpc) is 3.00. The molecule has 0 bridgehead atoms. The van der Waals surface area contributed by atoms with Crippen LogP contribution in [0, 0.1) is 6.92 Å². The van der Waals surface area contributed by atoms with Crippen LogP contribution in [0.15, 0.2) is 115 Å². The zero-order valence-corrected chi connectivity index (χ0v) is 29.4. The number of azo groups is 2. The van der Waals surface area contributed by atoms with Gasteiger partial charge in [-0.25, -0.2) is 0 Å². The summed E-state index contributed by atoms with van der Waals surface area (Å²) in [4.78, 5) is 11.1. The summed E-state index contributed by atoms with van der Waals surface area (Å²) in [5.74, 6) is -0.970. The second-order valence-electron chi connectivity index (χ2n) is 10.0. The van der Waals surface area contributed by atoms with Crippen molar-refractivity contribution in [1.29, 1.82) is 0 Å². The van der Waals surface area contributed by atoms with Crippen LogP contribution < -0.4 is 40.6 Å². The topological polar surface area (TPSA) is 234 Å². The van der Waals surface area contributed by atoms with Crippen molar-refractivity contribution in [2.24, 2.45) is 20.5 Å². The number of nitrogens with zero attached hydrogens (tertiary/aromatic N) is 4. The van der Waals surface area contributed by atoms with Gasteiger partial charge in [-0.15, -0.1) is 5.11 Å².